The van der Waals surface area contributed by atoms with E-state index in [0.717, 1.165) is 23.2 Å². The molecule has 16 heavy (non-hydrogen) atoms. The molecule has 1 N–H and O–H groups in total. The first-order valence-corrected chi connectivity index (χ1v) is 4.71. The van der Waals surface area contributed by atoms with Crippen LogP contribution in [0.15, 0.2) is 22.8 Å². The zero-order valence-corrected chi connectivity index (χ0v) is 8.89. The summed E-state index contributed by atoms with van der Waals surface area (Å²) in [6.45, 7) is 3.72. The van der Waals surface area contributed by atoms with Crippen molar-refractivity contribution >= 4 is 5.97 Å². The number of carbonyl (C=O) groups is 1. The molecule has 2 rings (SSSR count). The minimum absolute atomic E-state index is 0.0953. The Hall–Kier alpha value is -2.17. The molecule has 0 fully saturated rings. The molecule has 0 atom stereocenters. The second-order valence-electron chi connectivity index (χ2n) is 3.48. The van der Waals surface area contributed by atoms with E-state index in [2.05, 4.69) is 9.97 Å². The highest BCUT2D eigenvalue weighted by atomic mass is 16.4. The van der Waals surface area contributed by atoms with Crippen LogP contribution in [0.4, 0.5) is 0 Å². The zero-order valence-electron chi connectivity index (χ0n) is 8.89. The van der Waals surface area contributed by atoms with Crippen LogP contribution in [-0.4, -0.2) is 21.0 Å². The van der Waals surface area contributed by atoms with Crippen LogP contribution in [0.5, 0.6) is 0 Å². The molecule has 0 aliphatic carbocycles. The summed E-state index contributed by atoms with van der Waals surface area (Å²) in [6, 6.07) is 3.59. The number of pyridine rings is 1. The zero-order chi connectivity index (χ0) is 11.7. The van der Waals surface area contributed by atoms with Crippen molar-refractivity contribution in [1.82, 2.24) is 9.97 Å². The maximum atomic E-state index is 10.6. The van der Waals surface area contributed by atoms with Crippen molar-refractivity contribution in [2.45, 2.75) is 13.8 Å². The summed E-state index contributed by atoms with van der Waals surface area (Å²) in [7, 11) is 0. The topological polar surface area (TPSA) is 76.2 Å². The first kappa shape index (κ1) is 10.4. The summed E-state index contributed by atoms with van der Waals surface area (Å²) < 4.78 is 5.10. The van der Waals surface area contributed by atoms with Crippen LogP contribution in [0.25, 0.3) is 11.5 Å². The quantitative estimate of drug-likeness (QED) is 0.834. The lowest BCUT2D eigenvalue weighted by molar-refractivity contribution is 0.0690. The first-order valence-electron chi connectivity index (χ1n) is 4.71. The molecule has 2 heterocycles. The Morgan fingerprint density at radius 3 is 2.38 bits per heavy atom. The van der Waals surface area contributed by atoms with Crippen molar-refractivity contribution in [1.29, 1.82) is 0 Å². The van der Waals surface area contributed by atoms with Gasteiger partial charge in [-0.05, 0) is 26.0 Å². The summed E-state index contributed by atoms with van der Waals surface area (Å²) in [6.07, 6.45) is 1.13. The molecule has 0 aliphatic heterocycles. The van der Waals surface area contributed by atoms with Gasteiger partial charge in [-0.2, -0.15) is 0 Å². The van der Waals surface area contributed by atoms with Gasteiger partial charge < -0.3 is 9.52 Å². The Morgan fingerprint density at radius 1 is 1.25 bits per heavy atom. The minimum atomic E-state index is -1.10. The van der Waals surface area contributed by atoms with E-state index in [0.29, 0.717) is 5.89 Å². The molecule has 0 saturated heterocycles. The largest absolute Gasteiger partial charge is 0.476 e. The van der Waals surface area contributed by atoms with E-state index in [-0.39, 0.29) is 5.69 Å². The van der Waals surface area contributed by atoms with Gasteiger partial charge >= 0.3 is 5.97 Å². The fraction of sp³-hybridized carbons (Fsp3) is 0.182. The molecule has 82 valence electrons. The lowest BCUT2D eigenvalue weighted by Gasteiger charge is -1.99. The van der Waals surface area contributed by atoms with Gasteiger partial charge in [0.1, 0.15) is 6.26 Å². The first-order chi connectivity index (χ1) is 7.56. The number of aromatic nitrogens is 2. The Bertz CT molecular complexity index is 526. The van der Waals surface area contributed by atoms with Gasteiger partial charge in [-0.15, -0.1) is 0 Å². The van der Waals surface area contributed by atoms with Gasteiger partial charge in [0.25, 0.3) is 0 Å². The van der Waals surface area contributed by atoms with Gasteiger partial charge in [-0.1, -0.05) is 0 Å². The Kier molecular flexibility index (Phi) is 2.44. The van der Waals surface area contributed by atoms with Gasteiger partial charge in [0, 0.05) is 17.0 Å². The Balaban J connectivity index is 2.46. The van der Waals surface area contributed by atoms with Crippen molar-refractivity contribution in [3.8, 4) is 11.5 Å². The summed E-state index contributed by atoms with van der Waals surface area (Å²) in [5.74, 6) is -0.802. The molecule has 2 aromatic rings. The smallest absolute Gasteiger partial charge is 0.357 e. The summed E-state index contributed by atoms with van der Waals surface area (Å²) in [5, 5.41) is 8.72. The van der Waals surface area contributed by atoms with Crippen LogP contribution in [0.3, 0.4) is 0 Å². The second kappa shape index (κ2) is 3.77. The predicted molar refractivity (Wildman–Crippen MR) is 56.2 cm³/mol. The predicted octanol–water partition coefficient (Wildman–Crippen LogP) is 2.05. The lowest BCUT2D eigenvalue weighted by Crippen LogP contribution is -1.96. The molecule has 0 aliphatic rings. The van der Waals surface area contributed by atoms with Gasteiger partial charge in [-0.3, -0.25) is 4.98 Å². The normalized spacial score (nSPS) is 10.4. The number of oxazole rings is 1. The standard InChI is InChI=1S/C11H10N2O3/c1-6-3-8(4-7(2)12-6)10-13-9(5-16-10)11(14)15/h3-5H,1-2H3,(H,14,15). The molecule has 5 heteroatoms. The third kappa shape index (κ3) is 1.93. The van der Waals surface area contributed by atoms with E-state index < -0.39 is 5.97 Å². The summed E-state index contributed by atoms with van der Waals surface area (Å²) in [4.78, 5) is 18.7. The molecular formula is C11H10N2O3. The van der Waals surface area contributed by atoms with Crippen LogP contribution in [-0.2, 0) is 0 Å². The molecule has 0 aromatic carbocycles. The molecule has 0 unspecified atom stereocenters. The minimum Gasteiger partial charge on any atom is -0.476 e. The van der Waals surface area contributed by atoms with Crippen LogP contribution in [0.1, 0.15) is 21.9 Å². The molecule has 0 radical (unpaired) electrons. The molecule has 5 nitrogen and oxygen atoms in total. The van der Waals surface area contributed by atoms with Gasteiger partial charge in [0.15, 0.2) is 5.69 Å². The highest BCUT2D eigenvalue weighted by molar-refractivity contribution is 5.85. The van der Waals surface area contributed by atoms with Gasteiger partial charge in [0.05, 0.1) is 0 Å². The van der Waals surface area contributed by atoms with Gasteiger partial charge in [0.2, 0.25) is 5.89 Å². The number of hydrogen-bond donors (Lipinski definition) is 1. The third-order valence-electron chi connectivity index (χ3n) is 2.05. The van der Waals surface area contributed by atoms with E-state index in [9.17, 15) is 4.79 Å². The Morgan fingerprint density at radius 2 is 1.88 bits per heavy atom. The van der Waals surface area contributed by atoms with E-state index >= 15 is 0 Å². The van der Waals surface area contributed by atoms with Crippen molar-refractivity contribution < 1.29 is 14.3 Å². The van der Waals surface area contributed by atoms with Gasteiger partial charge in [-0.25, -0.2) is 9.78 Å². The van der Waals surface area contributed by atoms with Crippen molar-refractivity contribution in [3.63, 3.8) is 0 Å². The van der Waals surface area contributed by atoms with E-state index in [1.54, 1.807) is 12.1 Å². The maximum Gasteiger partial charge on any atom is 0.357 e. The monoisotopic (exact) mass is 218 g/mol. The van der Waals surface area contributed by atoms with E-state index in [1.807, 2.05) is 13.8 Å². The number of aryl methyl sites for hydroxylation is 2. The fourth-order valence-corrected chi connectivity index (χ4v) is 1.46. The molecule has 2 aromatic heterocycles. The molecule has 0 spiro atoms. The summed E-state index contributed by atoms with van der Waals surface area (Å²) >= 11 is 0. The SMILES string of the molecule is Cc1cc(-c2nc(C(=O)O)co2)cc(C)n1. The molecule has 0 saturated carbocycles. The third-order valence-corrected chi connectivity index (χ3v) is 2.05. The highest BCUT2D eigenvalue weighted by Gasteiger charge is 2.12. The van der Waals surface area contributed by atoms with Crippen molar-refractivity contribution in [3.05, 3.63) is 35.5 Å². The van der Waals surface area contributed by atoms with E-state index in [4.69, 9.17) is 9.52 Å². The number of carboxylic acids is 1. The highest BCUT2D eigenvalue weighted by Crippen LogP contribution is 2.20. The van der Waals surface area contributed by atoms with Crippen molar-refractivity contribution in [2.75, 3.05) is 0 Å². The number of aromatic carboxylic acids is 1. The molecular weight excluding hydrogens is 208 g/mol. The lowest BCUT2D eigenvalue weighted by atomic mass is 10.2. The molecule has 0 amide bonds. The Labute approximate surface area is 91.8 Å². The second-order valence-corrected chi connectivity index (χ2v) is 3.48. The summed E-state index contributed by atoms with van der Waals surface area (Å²) in [5.41, 5.74) is 2.31. The fourth-order valence-electron chi connectivity index (χ4n) is 1.46. The average molecular weight is 218 g/mol. The molecule has 0 bridgehead atoms. The van der Waals surface area contributed by atoms with Crippen LogP contribution < -0.4 is 0 Å². The van der Waals surface area contributed by atoms with Crippen LogP contribution in [0.2, 0.25) is 0 Å². The number of carboxylic acid groups (broad SMARTS) is 1. The average Bonchev–Trinajstić information content (AvgIpc) is 2.64. The van der Waals surface area contributed by atoms with Crippen LogP contribution >= 0.6 is 0 Å². The number of nitrogens with zero attached hydrogens (tertiary/aromatic N) is 2. The number of rotatable bonds is 2. The van der Waals surface area contributed by atoms with E-state index in [1.165, 1.54) is 0 Å². The van der Waals surface area contributed by atoms with Crippen molar-refractivity contribution in [2.24, 2.45) is 0 Å². The number of hydrogen-bond acceptors (Lipinski definition) is 4. The van der Waals surface area contributed by atoms with Crippen LogP contribution in [0, 0.1) is 13.8 Å². The maximum absolute atomic E-state index is 10.6.